The van der Waals surface area contributed by atoms with Crippen LogP contribution in [0.3, 0.4) is 0 Å². The molecule has 2 aromatic carbocycles. The molecule has 0 spiro atoms. The molecule has 2 aromatic rings. The van der Waals surface area contributed by atoms with Crippen LogP contribution in [0.4, 0.5) is 10.5 Å². The predicted molar refractivity (Wildman–Crippen MR) is 118 cm³/mol. The lowest BCUT2D eigenvalue weighted by molar-refractivity contribution is 0.131. The van der Waals surface area contributed by atoms with Crippen LogP contribution in [-0.4, -0.2) is 19.8 Å². The maximum atomic E-state index is 12.0. The second kappa shape index (κ2) is 9.92. The van der Waals surface area contributed by atoms with Gasteiger partial charge in [0.05, 0.1) is 28.6 Å². The lowest BCUT2D eigenvalue weighted by Gasteiger charge is -2.17. The Kier molecular flexibility index (Phi) is 7.83. The van der Waals surface area contributed by atoms with Crippen LogP contribution in [0.25, 0.3) is 0 Å². The van der Waals surface area contributed by atoms with Crippen molar-refractivity contribution in [1.29, 1.82) is 5.26 Å². The number of halogens is 2. The number of anilines is 1. The van der Waals surface area contributed by atoms with Crippen LogP contribution in [-0.2, 0) is 4.74 Å². The summed E-state index contributed by atoms with van der Waals surface area (Å²) < 4.78 is 16.3. The van der Waals surface area contributed by atoms with E-state index in [1.54, 1.807) is 27.0 Å². The molecule has 0 aliphatic carbocycles. The Labute approximate surface area is 186 Å². The van der Waals surface area contributed by atoms with Gasteiger partial charge in [0.25, 0.3) is 0 Å². The summed E-state index contributed by atoms with van der Waals surface area (Å²) in [6, 6.07) is 10.5. The third kappa shape index (κ3) is 6.19. The summed E-state index contributed by atoms with van der Waals surface area (Å²) in [5.74, 6) is 1.83. The Hall–Kier alpha value is -2.62. The van der Waals surface area contributed by atoms with Crippen LogP contribution in [0.5, 0.6) is 17.2 Å². The summed E-state index contributed by atoms with van der Waals surface area (Å²) in [5.41, 5.74) is 0.552. The van der Waals surface area contributed by atoms with Gasteiger partial charge in [-0.3, -0.25) is 5.32 Å². The molecule has 0 fully saturated rings. The Balaban J connectivity index is 2.16. The van der Waals surface area contributed by atoms with E-state index in [0.29, 0.717) is 11.4 Å². The second-order valence-corrected chi connectivity index (χ2v) is 8.44. The molecule has 2 rings (SSSR count). The number of carbonyl (C=O) groups excluding carboxylic acids is 1. The van der Waals surface area contributed by atoms with Gasteiger partial charge >= 0.3 is 6.09 Å². The van der Waals surface area contributed by atoms with Crippen molar-refractivity contribution in [2.75, 3.05) is 19.0 Å². The van der Waals surface area contributed by atoms with E-state index in [1.165, 1.54) is 12.1 Å². The molecule has 0 saturated heterocycles. The largest absolute Gasteiger partial charge is 0.496 e. The number of carbonyl (C=O) groups is 1. The number of nitrogens with one attached hydrogen (secondary N) is 1. The third-order valence-electron chi connectivity index (χ3n) is 4.15. The Bertz CT molecular complexity index is 945. The lowest BCUT2D eigenvalue weighted by Crippen LogP contribution is -2.23. The minimum absolute atomic E-state index is 0.0480. The van der Waals surface area contributed by atoms with Crippen molar-refractivity contribution in [2.45, 2.75) is 33.6 Å². The zero-order valence-corrected chi connectivity index (χ0v) is 19.0. The highest BCUT2D eigenvalue weighted by Crippen LogP contribution is 2.40. The first-order valence-corrected chi connectivity index (χ1v) is 10.0. The molecule has 0 atom stereocenters. The number of ether oxygens (including phenoxy) is 3. The predicted octanol–water partition coefficient (Wildman–Crippen LogP) is 7.02. The molecular formula is C22H24Cl2N2O4. The molecule has 6 nitrogen and oxygen atoms in total. The van der Waals surface area contributed by atoms with Crippen LogP contribution < -0.4 is 14.8 Å². The quantitative estimate of drug-likeness (QED) is 0.490. The first-order chi connectivity index (χ1) is 14.1. The van der Waals surface area contributed by atoms with Crippen molar-refractivity contribution in [1.82, 2.24) is 0 Å². The zero-order chi connectivity index (χ0) is 22.5. The van der Waals surface area contributed by atoms with Gasteiger partial charge in [0.15, 0.2) is 5.75 Å². The Morgan fingerprint density at radius 1 is 1.20 bits per heavy atom. The first kappa shape index (κ1) is 23.7. The van der Waals surface area contributed by atoms with Crippen molar-refractivity contribution in [3.8, 4) is 23.3 Å². The third-order valence-corrected chi connectivity index (χ3v) is 4.72. The van der Waals surface area contributed by atoms with E-state index >= 15 is 0 Å². The number of hydrogen-bond acceptors (Lipinski definition) is 5. The van der Waals surface area contributed by atoms with Crippen molar-refractivity contribution < 1.29 is 19.0 Å². The summed E-state index contributed by atoms with van der Waals surface area (Å²) >= 11 is 12.7. The summed E-state index contributed by atoms with van der Waals surface area (Å²) in [5, 5.41) is 12.0. The summed E-state index contributed by atoms with van der Waals surface area (Å²) in [6.45, 7) is 7.40. The van der Waals surface area contributed by atoms with Gasteiger partial charge in [0.1, 0.15) is 18.1 Å². The molecular weight excluding hydrogens is 427 g/mol. The van der Waals surface area contributed by atoms with Crippen molar-refractivity contribution >= 4 is 35.0 Å². The van der Waals surface area contributed by atoms with Crippen LogP contribution in [0.1, 0.15) is 39.2 Å². The Morgan fingerprint density at radius 2 is 1.83 bits per heavy atom. The smallest absolute Gasteiger partial charge is 0.411 e. The standard InChI is InChI=1S/C22H24Cl2N2O4/c1-13(2)16-10-15(6-7-19(16)28-5)30-20-17(23)8-14(9-18(20)24)26-21(27)29-12-22(3,4)11-25/h6-10,13H,12H2,1-5H3,(H,26,27). The number of nitrogens with zero attached hydrogens (tertiary/aromatic N) is 1. The van der Waals surface area contributed by atoms with E-state index < -0.39 is 11.5 Å². The first-order valence-electron chi connectivity index (χ1n) is 9.26. The minimum Gasteiger partial charge on any atom is -0.496 e. The van der Waals surface area contributed by atoms with Gasteiger partial charge in [0.2, 0.25) is 0 Å². The molecule has 0 heterocycles. The van der Waals surface area contributed by atoms with E-state index in [2.05, 4.69) is 25.2 Å². The monoisotopic (exact) mass is 450 g/mol. The fourth-order valence-electron chi connectivity index (χ4n) is 2.51. The fraction of sp³-hybridized carbons (Fsp3) is 0.364. The zero-order valence-electron chi connectivity index (χ0n) is 17.5. The molecule has 0 unspecified atom stereocenters. The molecule has 0 aromatic heterocycles. The SMILES string of the molecule is COc1ccc(Oc2c(Cl)cc(NC(=O)OCC(C)(C)C#N)cc2Cl)cc1C(C)C. The highest BCUT2D eigenvalue weighted by Gasteiger charge is 2.20. The number of amides is 1. The second-order valence-electron chi connectivity index (χ2n) is 7.63. The summed E-state index contributed by atoms with van der Waals surface area (Å²) in [7, 11) is 1.62. The van der Waals surface area contributed by atoms with E-state index in [-0.39, 0.29) is 28.3 Å². The van der Waals surface area contributed by atoms with Gasteiger partial charge in [-0.25, -0.2) is 4.79 Å². The molecule has 0 radical (unpaired) electrons. The van der Waals surface area contributed by atoms with Crippen LogP contribution in [0.15, 0.2) is 30.3 Å². The molecule has 1 amide bonds. The van der Waals surface area contributed by atoms with Gasteiger partial charge in [-0.1, -0.05) is 37.0 Å². The van der Waals surface area contributed by atoms with Gasteiger partial charge in [-0.05, 0) is 50.1 Å². The summed E-state index contributed by atoms with van der Waals surface area (Å²) in [6.07, 6.45) is -0.712. The Morgan fingerprint density at radius 3 is 2.37 bits per heavy atom. The van der Waals surface area contributed by atoms with Crippen molar-refractivity contribution in [2.24, 2.45) is 5.41 Å². The van der Waals surface area contributed by atoms with E-state index in [0.717, 1.165) is 11.3 Å². The maximum Gasteiger partial charge on any atom is 0.411 e. The maximum absolute atomic E-state index is 12.0. The van der Waals surface area contributed by atoms with Gasteiger partial charge in [-0.15, -0.1) is 0 Å². The van der Waals surface area contributed by atoms with Crippen molar-refractivity contribution in [3.63, 3.8) is 0 Å². The van der Waals surface area contributed by atoms with Gasteiger partial charge in [-0.2, -0.15) is 5.26 Å². The van der Waals surface area contributed by atoms with Crippen LogP contribution >= 0.6 is 23.2 Å². The molecule has 0 bridgehead atoms. The molecule has 0 aliphatic heterocycles. The molecule has 8 heteroatoms. The minimum atomic E-state index is -0.780. The topological polar surface area (TPSA) is 80.6 Å². The molecule has 1 N–H and O–H groups in total. The highest BCUT2D eigenvalue weighted by molar-refractivity contribution is 6.37. The van der Waals surface area contributed by atoms with Crippen LogP contribution in [0, 0.1) is 16.7 Å². The molecule has 160 valence electrons. The highest BCUT2D eigenvalue weighted by atomic mass is 35.5. The van der Waals surface area contributed by atoms with E-state index in [9.17, 15) is 4.79 Å². The number of methoxy groups -OCH3 is 1. The van der Waals surface area contributed by atoms with Gasteiger partial charge in [0, 0.05) is 11.3 Å². The molecule has 30 heavy (non-hydrogen) atoms. The van der Waals surface area contributed by atoms with Crippen LogP contribution in [0.2, 0.25) is 10.0 Å². The van der Waals surface area contributed by atoms with E-state index in [1.807, 2.05) is 12.1 Å². The fourth-order valence-corrected chi connectivity index (χ4v) is 3.07. The number of nitriles is 1. The average Bonchev–Trinajstić information content (AvgIpc) is 2.69. The lowest BCUT2D eigenvalue weighted by atomic mass is 9.98. The number of benzene rings is 2. The molecule has 0 saturated carbocycles. The molecule has 0 aliphatic rings. The summed E-state index contributed by atoms with van der Waals surface area (Å²) in [4.78, 5) is 12.0. The van der Waals surface area contributed by atoms with E-state index in [4.69, 9.17) is 42.7 Å². The van der Waals surface area contributed by atoms with Gasteiger partial charge < -0.3 is 14.2 Å². The number of hydrogen-bond donors (Lipinski definition) is 1. The average molecular weight is 451 g/mol. The number of rotatable bonds is 7. The normalized spacial score (nSPS) is 11.0. The van der Waals surface area contributed by atoms with Crippen molar-refractivity contribution in [3.05, 3.63) is 45.9 Å².